The second-order valence-corrected chi connectivity index (χ2v) is 6.04. The molecule has 0 amide bonds. The summed E-state index contributed by atoms with van der Waals surface area (Å²) >= 11 is 11.2. The molecule has 0 saturated carbocycles. The molecule has 2 rings (SSSR count). The van der Waals surface area contributed by atoms with E-state index >= 15 is 0 Å². The van der Waals surface area contributed by atoms with Crippen molar-refractivity contribution in [2.75, 3.05) is 0 Å². The molecule has 2 aromatic carbocycles. The molecule has 0 saturated heterocycles. The third-order valence-electron chi connectivity index (χ3n) is 2.36. The number of hydrogen-bond acceptors (Lipinski definition) is 1. The van der Waals surface area contributed by atoms with E-state index in [1.54, 1.807) is 12.1 Å². The van der Waals surface area contributed by atoms with Crippen molar-refractivity contribution < 1.29 is 9.18 Å². The molecule has 18 heavy (non-hydrogen) atoms. The Bertz CT molecular complexity index is 610. The highest BCUT2D eigenvalue weighted by atomic mass is 127. The first kappa shape index (κ1) is 14.0. The predicted octanol–water partition coefficient (Wildman–Crippen LogP) is 5.08. The molecule has 0 atom stereocenters. The van der Waals surface area contributed by atoms with E-state index in [1.807, 2.05) is 28.7 Å². The van der Waals surface area contributed by atoms with Gasteiger partial charge in [-0.2, -0.15) is 0 Å². The monoisotopic (exact) mass is 438 g/mol. The van der Waals surface area contributed by atoms with Crippen LogP contribution < -0.4 is 0 Å². The maximum absolute atomic E-state index is 13.7. The summed E-state index contributed by atoms with van der Waals surface area (Å²) in [6, 6.07) is 9.47. The molecule has 0 fully saturated rings. The smallest absolute Gasteiger partial charge is 0.198 e. The van der Waals surface area contributed by atoms with Gasteiger partial charge in [0.05, 0.1) is 10.6 Å². The molecule has 0 N–H and O–H groups in total. The second kappa shape index (κ2) is 5.67. The van der Waals surface area contributed by atoms with Gasteiger partial charge in [-0.3, -0.25) is 4.79 Å². The number of hydrogen-bond donors (Lipinski definition) is 0. The van der Waals surface area contributed by atoms with E-state index in [0.717, 1.165) is 8.04 Å². The fourth-order valence-corrected chi connectivity index (χ4v) is 2.71. The lowest BCUT2D eigenvalue weighted by molar-refractivity contribution is 0.103. The van der Waals surface area contributed by atoms with Gasteiger partial charge < -0.3 is 0 Å². The van der Waals surface area contributed by atoms with Crippen molar-refractivity contribution in [3.8, 4) is 0 Å². The number of carbonyl (C=O) groups excluding carboxylic acids is 1. The molecule has 2 aromatic rings. The lowest BCUT2D eigenvalue weighted by atomic mass is 10.0. The Morgan fingerprint density at radius 2 is 2.00 bits per heavy atom. The summed E-state index contributed by atoms with van der Waals surface area (Å²) < 4.78 is 15.2. The summed E-state index contributed by atoms with van der Waals surface area (Å²) in [5, 5.41) is 0.121. The van der Waals surface area contributed by atoms with E-state index in [4.69, 9.17) is 11.6 Å². The van der Waals surface area contributed by atoms with Crippen molar-refractivity contribution in [2.45, 2.75) is 0 Å². The van der Waals surface area contributed by atoms with E-state index in [9.17, 15) is 9.18 Å². The van der Waals surface area contributed by atoms with E-state index in [1.165, 1.54) is 18.2 Å². The van der Waals surface area contributed by atoms with Gasteiger partial charge in [0, 0.05) is 13.6 Å². The topological polar surface area (TPSA) is 17.1 Å². The highest BCUT2D eigenvalue weighted by Gasteiger charge is 2.19. The summed E-state index contributed by atoms with van der Waals surface area (Å²) in [5.41, 5.74) is 0.340. The van der Waals surface area contributed by atoms with Crippen molar-refractivity contribution in [3.63, 3.8) is 0 Å². The van der Waals surface area contributed by atoms with Crippen LogP contribution in [0.25, 0.3) is 0 Å². The molecular formula is C13H6BrClFIO. The fourth-order valence-electron chi connectivity index (χ4n) is 1.52. The van der Waals surface area contributed by atoms with Crippen molar-refractivity contribution in [2.24, 2.45) is 0 Å². The molecular weight excluding hydrogens is 433 g/mol. The van der Waals surface area contributed by atoms with Gasteiger partial charge in [0.15, 0.2) is 5.78 Å². The van der Waals surface area contributed by atoms with Crippen LogP contribution in [0, 0.1) is 9.39 Å². The van der Waals surface area contributed by atoms with Crippen LogP contribution in [0.1, 0.15) is 15.9 Å². The molecule has 1 nitrogen and oxygen atoms in total. The van der Waals surface area contributed by atoms with Crippen LogP contribution in [0.5, 0.6) is 0 Å². The van der Waals surface area contributed by atoms with Gasteiger partial charge in [-0.15, -0.1) is 0 Å². The molecule has 5 heteroatoms. The van der Waals surface area contributed by atoms with Gasteiger partial charge in [0.25, 0.3) is 0 Å². The molecule has 0 bridgehead atoms. The van der Waals surface area contributed by atoms with Crippen LogP contribution in [-0.2, 0) is 0 Å². The highest BCUT2D eigenvalue weighted by molar-refractivity contribution is 14.1. The average Bonchev–Trinajstić information content (AvgIpc) is 2.32. The molecule has 0 aliphatic rings. The summed E-state index contributed by atoms with van der Waals surface area (Å²) in [5.74, 6) is -1.02. The lowest BCUT2D eigenvalue weighted by Gasteiger charge is -2.07. The first-order valence-corrected chi connectivity index (χ1v) is 7.19. The van der Waals surface area contributed by atoms with Crippen LogP contribution in [-0.4, -0.2) is 5.78 Å². The molecule has 0 unspecified atom stereocenters. The van der Waals surface area contributed by atoms with Gasteiger partial charge in [-0.25, -0.2) is 4.39 Å². The first-order chi connectivity index (χ1) is 8.50. The highest BCUT2D eigenvalue weighted by Crippen LogP contribution is 2.26. The standard InChI is InChI=1S/C13H6BrClFIO/c14-7-4-5-11(17)8(6-7)13(18)12-9(15)2-1-3-10(12)16/h1-6H. The van der Waals surface area contributed by atoms with Crippen LogP contribution in [0.2, 0.25) is 5.02 Å². The van der Waals surface area contributed by atoms with E-state index in [2.05, 4.69) is 15.9 Å². The fraction of sp³-hybridized carbons (Fsp3) is 0. The van der Waals surface area contributed by atoms with Gasteiger partial charge in [0.1, 0.15) is 5.82 Å². The van der Waals surface area contributed by atoms with Crippen molar-refractivity contribution >= 4 is 55.9 Å². The van der Waals surface area contributed by atoms with Crippen molar-refractivity contribution in [3.05, 3.63) is 66.4 Å². The zero-order valence-electron chi connectivity index (χ0n) is 8.88. The van der Waals surface area contributed by atoms with Crippen molar-refractivity contribution in [1.82, 2.24) is 0 Å². The number of carbonyl (C=O) groups is 1. The third-order valence-corrected chi connectivity index (χ3v) is 4.11. The molecule has 0 heterocycles. The number of rotatable bonds is 2. The molecule has 92 valence electrons. The minimum absolute atomic E-state index is 0.0878. The van der Waals surface area contributed by atoms with Gasteiger partial charge >= 0.3 is 0 Å². The van der Waals surface area contributed by atoms with Crippen LogP contribution in [0.15, 0.2) is 40.9 Å². The third kappa shape index (κ3) is 2.75. The van der Waals surface area contributed by atoms with Gasteiger partial charge in [0.2, 0.25) is 0 Å². The summed E-state index contributed by atoms with van der Waals surface area (Å²) in [4.78, 5) is 12.3. The molecule has 0 aliphatic heterocycles. The number of halogens is 4. The number of ketones is 1. The summed E-state index contributed by atoms with van der Waals surface area (Å²) in [6.07, 6.45) is 0. The van der Waals surface area contributed by atoms with E-state index < -0.39 is 11.6 Å². The van der Waals surface area contributed by atoms with E-state index in [-0.39, 0.29) is 10.6 Å². The Labute approximate surface area is 131 Å². The maximum atomic E-state index is 13.7. The Morgan fingerprint density at radius 3 is 2.67 bits per heavy atom. The lowest BCUT2D eigenvalue weighted by Crippen LogP contribution is -2.07. The molecule has 0 aromatic heterocycles. The summed E-state index contributed by atoms with van der Waals surface area (Å²) in [7, 11) is 0. The van der Waals surface area contributed by atoms with Gasteiger partial charge in [-0.1, -0.05) is 33.6 Å². The second-order valence-electron chi connectivity index (χ2n) is 3.55. The zero-order valence-corrected chi connectivity index (χ0v) is 13.4. The minimum atomic E-state index is -0.608. The predicted molar refractivity (Wildman–Crippen MR) is 81.7 cm³/mol. The molecule has 0 spiro atoms. The number of benzene rings is 2. The van der Waals surface area contributed by atoms with Crippen LogP contribution >= 0.6 is 50.1 Å². The first-order valence-electron chi connectivity index (χ1n) is 4.94. The Kier molecular flexibility index (Phi) is 4.40. The Morgan fingerprint density at radius 1 is 1.28 bits per heavy atom. The molecule has 0 aliphatic carbocycles. The van der Waals surface area contributed by atoms with Crippen LogP contribution in [0.4, 0.5) is 4.39 Å². The summed E-state index contributed by atoms with van der Waals surface area (Å²) in [6.45, 7) is 0. The zero-order chi connectivity index (χ0) is 13.3. The SMILES string of the molecule is O=C(c1cc(Br)ccc1I)c1c(F)cccc1Cl. The van der Waals surface area contributed by atoms with E-state index in [0.29, 0.717) is 5.56 Å². The Balaban J connectivity index is 2.58. The Hall–Kier alpha value is -0.460. The van der Waals surface area contributed by atoms with Crippen molar-refractivity contribution in [1.29, 1.82) is 0 Å². The molecule has 0 radical (unpaired) electrons. The minimum Gasteiger partial charge on any atom is -0.288 e. The average molecular weight is 439 g/mol. The largest absolute Gasteiger partial charge is 0.288 e. The normalized spacial score (nSPS) is 10.4. The van der Waals surface area contributed by atoms with Crippen LogP contribution in [0.3, 0.4) is 0 Å². The quantitative estimate of drug-likeness (QED) is 0.471. The van der Waals surface area contributed by atoms with Gasteiger partial charge in [-0.05, 0) is 52.9 Å². The maximum Gasteiger partial charge on any atom is 0.198 e.